The number of hydrogen-bond acceptors (Lipinski definition) is 2. The molecule has 16 heavy (non-hydrogen) atoms. The van der Waals surface area contributed by atoms with E-state index in [0.717, 1.165) is 32.2 Å². The van der Waals surface area contributed by atoms with Crippen LogP contribution >= 0.6 is 0 Å². The fourth-order valence-electron chi connectivity index (χ4n) is 3.07. The maximum atomic E-state index is 12.4. The summed E-state index contributed by atoms with van der Waals surface area (Å²) >= 11 is 0. The van der Waals surface area contributed by atoms with Crippen LogP contribution < -0.4 is 0 Å². The molecule has 0 aromatic heterocycles. The van der Waals surface area contributed by atoms with Crippen molar-refractivity contribution in [3.05, 3.63) is 0 Å². The molecule has 0 bridgehead atoms. The second-order valence-corrected chi connectivity index (χ2v) is 5.67. The van der Waals surface area contributed by atoms with Crippen molar-refractivity contribution >= 4 is 5.91 Å². The second kappa shape index (κ2) is 4.74. The maximum absolute atomic E-state index is 12.4. The molecule has 3 nitrogen and oxygen atoms in total. The number of carbonyl (C=O) groups excluding carboxylic acids is 1. The highest BCUT2D eigenvalue weighted by atomic mass is 16.3. The molecular formula is C13H23NO2. The van der Waals surface area contributed by atoms with E-state index in [9.17, 15) is 9.90 Å². The number of aliphatic hydroxyl groups is 1. The van der Waals surface area contributed by atoms with Crippen LogP contribution in [0.1, 0.15) is 51.9 Å². The summed E-state index contributed by atoms with van der Waals surface area (Å²) in [6.45, 7) is 3.50. The Kier molecular flexibility index (Phi) is 3.53. The summed E-state index contributed by atoms with van der Waals surface area (Å²) < 4.78 is 0. The molecule has 1 amide bonds. The Hall–Kier alpha value is -0.570. The highest BCUT2D eigenvalue weighted by Gasteiger charge is 2.38. The smallest absolute Gasteiger partial charge is 0.228 e. The van der Waals surface area contributed by atoms with E-state index in [1.165, 1.54) is 19.3 Å². The Morgan fingerprint density at radius 2 is 1.94 bits per heavy atom. The van der Waals surface area contributed by atoms with Gasteiger partial charge in [0.25, 0.3) is 0 Å². The zero-order chi connectivity index (χ0) is 11.6. The number of likely N-dealkylation sites (tertiary alicyclic amines) is 1. The number of rotatable bonds is 1. The van der Waals surface area contributed by atoms with Gasteiger partial charge in [0.2, 0.25) is 5.91 Å². The van der Waals surface area contributed by atoms with E-state index >= 15 is 0 Å². The molecule has 0 aromatic carbocycles. The van der Waals surface area contributed by atoms with E-state index < -0.39 is 0 Å². The van der Waals surface area contributed by atoms with Crippen LogP contribution in [0.15, 0.2) is 0 Å². The molecule has 1 saturated heterocycles. The molecule has 1 aliphatic carbocycles. The Labute approximate surface area is 97.8 Å². The maximum Gasteiger partial charge on any atom is 0.228 e. The van der Waals surface area contributed by atoms with Crippen molar-refractivity contribution in [1.82, 2.24) is 4.90 Å². The first-order valence-electron chi connectivity index (χ1n) is 6.59. The lowest BCUT2D eigenvalue weighted by Crippen LogP contribution is -2.49. The number of amides is 1. The normalized spacial score (nSPS) is 30.1. The van der Waals surface area contributed by atoms with Gasteiger partial charge in [-0.3, -0.25) is 4.79 Å². The molecule has 92 valence electrons. The van der Waals surface area contributed by atoms with Gasteiger partial charge in [-0.2, -0.15) is 0 Å². The van der Waals surface area contributed by atoms with Gasteiger partial charge in [0.05, 0.1) is 6.10 Å². The lowest BCUT2D eigenvalue weighted by atomic mass is 9.74. The van der Waals surface area contributed by atoms with Crippen LogP contribution in [-0.2, 0) is 4.79 Å². The zero-order valence-electron chi connectivity index (χ0n) is 10.2. The number of piperidine rings is 1. The molecule has 1 aliphatic heterocycles. The molecule has 0 radical (unpaired) electrons. The molecule has 2 rings (SSSR count). The number of hydrogen-bond donors (Lipinski definition) is 1. The van der Waals surface area contributed by atoms with E-state index in [4.69, 9.17) is 0 Å². The summed E-state index contributed by atoms with van der Waals surface area (Å²) in [5, 5.41) is 9.62. The minimum atomic E-state index is -0.301. The van der Waals surface area contributed by atoms with Gasteiger partial charge < -0.3 is 10.0 Å². The zero-order valence-corrected chi connectivity index (χ0v) is 10.2. The minimum absolute atomic E-state index is 0.144. The van der Waals surface area contributed by atoms with Gasteiger partial charge >= 0.3 is 0 Å². The van der Waals surface area contributed by atoms with E-state index in [1.807, 2.05) is 4.90 Å². The molecule has 2 fully saturated rings. The first kappa shape index (κ1) is 11.9. The summed E-state index contributed by atoms with van der Waals surface area (Å²) in [5.74, 6) is 0.283. The molecule has 0 spiro atoms. The molecule has 2 aliphatic rings. The predicted molar refractivity (Wildman–Crippen MR) is 63.0 cm³/mol. The van der Waals surface area contributed by atoms with Gasteiger partial charge in [0.15, 0.2) is 0 Å². The van der Waals surface area contributed by atoms with Crippen LogP contribution in [0, 0.1) is 5.41 Å². The average molecular weight is 225 g/mol. The topological polar surface area (TPSA) is 40.5 Å². The minimum Gasteiger partial charge on any atom is -0.391 e. The molecule has 1 N–H and O–H groups in total. The van der Waals surface area contributed by atoms with E-state index in [1.54, 1.807) is 0 Å². The Balaban J connectivity index is 1.99. The molecule has 1 atom stereocenters. The van der Waals surface area contributed by atoms with Crippen molar-refractivity contribution in [3.63, 3.8) is 0 Å². The SMILES string of the molecule is CC1(C(=O)N2CCC[C@H](O)C2)CCCCC1. The van der Waals surface area contributed by atoms with Gasteiger partial charge in [0, 0.05) is 18.5 Å². The summed E-state index contributed by atoms with van der Waals surface area (Å²) in [7, 11) is 0. The number of β-amino-alcohol motifs (C(OH)–C–C–N with tert-alkyl or cyclic N) is 1. The molecule has 3 heteroatoms. The van der Waals surface area contributed by atoms with Crippen LogP contribution in [0.2, 0.25) is 0 Å². The van der Waals surface area contributed by atoms with E-state index in [-0.39, 0.29) is 17.4 Å². The monoisotopic (exact) mass is 225 g/mol. The van der Waals surface area contributed by atoms with Gasteiger partial charge in [-0.05, 0) is 25.7 Å². The largest absolute Gasteiger partial charge is 0.391 e. The van der Waals surface area contributed by atoms with Gasteiger partial charge in [-0.25, -0.2) is 0 Å². The number of carbonyl (C=O) groups is 1. The number of nitrogens with zero attached hydrogens (tertiary/aromatic N) is 1. The van der Waals surface area contributed by atoms with Gasteiger partial charge in [0.1, 0.15) is 0 Å². The van der Waals surface area contributed by atoms with Gasteiger partial charge in [-0.15, -0.1) is 0 Å². The summed E-state index contributed by atoms with van der Waals surface area (Å²) in [4.78, 5) is 14.3. The highest BCUT2D eigenvalue weighted by molar-refractivity contribution is 5.82. The lowest BCUT2D eigenvalue weighted by Gasteiger charge is -2.39. The summed E-state index contributed by atoms with van der Waals surface area (Å²) in [5.41, 5.74) is -0.144. The van der Waals surface area contributed by atoms with Crippen molar-refractivity contribution < 1.29 is 9.90 Å². The lowest BCUT2D eigenvalue weighted by molar-refractivity contribution is -0.146. The standard InChI is InChI=1S/C13H23NO2/c1-13(7-3-2-4-8-13)12(16)14-9-5-6-11(15)10-14/h11,15H,2-10H2,1H3/t11-/m0/s1. The van der Waals surface area contributed by atoms with Gasteiger partial charge in [-0.1, -0.05) is 26.2 Å². The third-order valence-electron chi connectivity index (χ3n) is 4.16. The van der Waals surface area contributed by atoms with Crippen molar-refractivity contribution in [1.29, 1.82) is 0 Å². The fourth-order valence-corrected chi connectivity index (χ4v) is 3.07. The molecule has 1 heterocycles. The summed E-state index contributed by atoms with van der Waals surface area (Å²) in [6, 6.07) is 0. The van der Waals surface area contributed by atoms with Crippen LogP contribution in [0.25, 0.3) is 0 Å². The molecular weight excluding hydrogens is 202 g/mol. The molecule has 1 saturated carbocycles. The average Bonchev–Trinajstić information content (AvgIpc) is 2.29. The quantitative estimate of drug-likeness (QED) is 0.741. The first-order chi connectivity index (χ1) is 7.62. The Morgan fingerprint density at radius 3 is 2.56 bits per heavy atom. The molecule has 0 unspecified atom stereocenters. The Morgan fingerprint density at radius 1 is 1.25 bits per heavy atom. The van der Waals surface area contributed by atoms with Crippen LogP contribution in [0.3, 0.4) is 0 Å². The van der Waals surface area contributed by atoms with Crippen molar-refractivity contribution in [2.75, 3.05) is 13.1 Å². The van der Waals surface area contributed by atoms with Crippen LogP contribution in [0.4, 0.5) is 0 Å². The summed E-state index contributed by atoms with van der Waals surface area (Å²) in [6.07, 6.45) is 7.17. The fraction of sp³-hybridized carbons (Fsp3) is 0.923. The van der Waals surface area contributed by atoms with Crippen LogP contribution in [0.5, 0.6) is 0 Å². The highest BCUT2D eigenvalue weighted by Crippen LogP contribution is 2.37. The van der Waals surface area contributed by atoms with Crippen molar-refractivity contribution in [3.8, 4) is 0 Å². The van der Waals surface area contributed by atoms with Crippen LogP contribution in [-0.4, -0.2) is 35.1 Å². The molecule has 0 aromatic rings. The van der Waals surface area contributed by atoms with E-state index in [0.29, 0.717) is 6.54 Å². The van der Waals surface area contributed by atoms with Crippen molar-refractivity contribution in [2.45, 2.75) is 58.0 Å². The third-order valence-corrected chi connectivity index (χ3v) is 4.16. The first-order valence-corrected chi connectivity index (χ1v) is 6.59. The number of aliphatic hydroxyl groups excluding tert-OH is 1. The Bertz CT molecular complexity index is 259. The van der Waals surface area contributed by atoms with Crippen molar-refractivity contribution in [2.24, 2.45) is 5.41 Å². The third kappa shape index (κ3) is 2.40. The van der Waals surface area contributed by atoms with E-state index in [2.05, 4.69) is 6.92 Å². The predicted octanol–water partition coefficient (Wildman–Crippen LogP) is 1.94. The second-order valence-electron chi connectivity index (χ2n) is 5.67.